The Morgan fingerprint density at radius 2 is 2.10 bits per heavy atom. The van der Waals surface area contributed by atoms with Gasteiger partial charge in [-0.05, 0) is 44.1 Å². The standard InChI is InChI=1S/C22H21N7O/c23-7-3-15(30)13-29-10-5-14(6-11-29)21-27-19-16-4-9-24-12-18(16)26-22-17(20(19)28-21)2-1-8-25-22/h1-2,4,8-9,12,14H,3,5-6,10-11,13H2,(H,25,26)(H,27,28). The number of anilines is 2. The molecule has 3 aromatic heterocycles. The molecule has 3 aromatic rings. The van der Waals surface area contributed by atoms with Crippen molar-refractivity contribution in [2.45, 2.75) is 25.2 Å². The summed E-state index contributed by atoms with van der Waals surface area (Å²) in [4.78, 5) is 31.2. The van der Waals surface area contributed by atoms with Gasteiger partial charge in [-0.2, -0.15) is 5.26 Å². The molecular weight excluding hydrogens is 378 g/mol. The van der Waals surface area contributed by atoms with Gasteiger partial charge in [0.1, 0.15) is 17.3 Å². The fourth-order valence-corrected chi connectivity index (χ4v) is 4.27. The number of aromatic nitrogens is 4. The highest BCUT2D eigenvalue weighted by Crippen LogP contribution is 2.42. The zero-order chi connectivity index (χ0) is 20.5. The maximum Gasteiger partial charge on any atom is 0.160 e. The molecule has 5 heterocycles. The number of rotatable bonds is 4. The summed E-state index contributed by atoms with van der Waals surface area (Å²) in [5.41, 5.74) is 4.77. The van der Waals surface area contributed by atoms with Crippen molar-refractivity contribution in [1.82, 2.24) is 24.8 Å². The minimum absolute atomic E-state index is 0.0116. The Labute approximate surface area is 174 Å². The largest absolute Gasteiger partial charge is 0.341 e. The van der Waals surface area contributed by atoms with Gasteiger partial charge in [-0.15, -0.1) is 0 Å². The van der Waals surface area contributed by atoms with Crippen LogP contribution in [0.15, 0.2) is 36.8 Å². The number of hydrogen-bond donors (Lipinski definition) is 2. The third-order valence-electron chi connectivity index (χ3n) is 5.78. The first-order valence-electron chi connectivity index (χ1n) is 10.1. The number of nitriles is 1. The number of nitrogens with zero attached hydrogens (tertiary/aromatic N) is 5. The molecule has 0 amide bonds. The van der Waals surface area contributed by atoms with Crippen LogP contribution < -0.4 is 5.32 Å². The summed E-state index contributed by atoms with van der Waals surface area (Å²) in [7, 11) is 0. The van der Waals surface area contributed by atoms with Crippen LogP contribution in [0.25, 0.3) is 22.5 Å². The molecule has 0 saturated carbocycles. The SMILES string of the molecule is N#CCC(=O)CN1CCC(c2nc3c([nH]2)-c2ccncc2Nc2ncccc2-3)CC1. The van der Waals surface area contributed by atoms with Gasteiger partial charge in [-0.3, -0.25) is 14.7 Å². The van der Waals surface area contributed by atoms with Crippen molar-refractivity contribution in [1.29, 1.82) is 5.26 Å². The van der Waals surface area contributed by atoms with Crippen molar-refractivity contribution in [3.05, 3.63) is 42.6 Å². The Balaban J connectivity index is 1.44. The molecule has 5 rings (SSSR count). The maximum atomic E-state index is 11.8. The minimum atomic E-state index is -0.0133. The van der Waals surface area contributed by atoms with E-state index in [0.717, 1.165) is 65.8 Å². The topological polar surface area (TPSA) is 111 Å². The highest BCUT2D eigenvalue weighted by molar-refractivity contribution is 5.94. The second-order valence-corrected chi connectivity index (χ2v) is 7.72. The molecule has 1 saturated heterocycles. The predicted molar refractivity (Wildman–Crippen MR) is 112 cm³/mol. The van der Waals surface area contributed by atoms with E-state index in [2.05, 4.69) is 25.2 Å². The van der Waals surface area contributed by atoms with E-state index in [9.17, 15) is 4.79 Å². The Morgan fingerprint density at radius 1 is 1.23 bits per heavy atom. The van der Waals surface area contributed by atoms with Crippen molar-refractivity contribution in [2.75, 3.05) is 25.0 Å². The van der Waals surface area contributed by atoms with Crippen LogP contribution >= 0.6 is 0 Å². The zero-order valence-electron chi connectivity index (χ0n) is 16.4. The monoisotopic (exact) mass is 399 g/mol. The first-order chi connectivity index (χ1) is 14.7. The van der Waals surface area contributed by atoms with Crippen LogP contribution in [-0.4, -0.2) is 50.3 Å². The third-order valence-corrected chi connectivity index (χ3v) is 5.78. The van der Waals surface area contributed by atoms with Crippen molar-refractivity contribution in [3.8, 4) is 28.6 Å². The van der Waals surface area contributed by atoms with E-state index in [0.29, 0.717) is 12.5 Å². The fourth-order valence-electron chi connectivity index (χ4n) is 4.27. The number of H-pyrrole nitrogens is 1. The van der Waals surface area contributed by atoms with Crippen molar-refractivity contribution in [2.24, 2.45) is 0 Å². The number of likely N-dealkylation sites (tertiary alicyclic amines) is 1. The lowest BCUT2D eigenvalue weighted by Crippen LogP contribution is -2.36. The highest BCUT2D eigenvalue weighted by Gasteiger charge is 2.28. The molecule has 0 aromatic carbocycles. The van der Waals surface area contributed by atoms with Crippen LogP contribution in [0.1, 0.15) is 31.0 Å². The molecule has 30 heavy (non-hydrogen) atoms. The summed E-state index contributed by atoms with van der Waals surface area (Å²) < 4.78 is 0. The number of carbonyl (C=O) groups excluding carboxylic acids is 1. The molecule has 0 atom stereocenters. The van der Waals surface area contributed by atoms with E-state index in [4.69, 9.17) is 10.2 Å². The third kappa shape index (κ3) is 3.33. The van der Waals surface area contributed by atoms with E-state index in [1.807, 2.05) is 24.3 Å². The zero-order valence-corrected chi connectivity index (χ0v) is 16.4. The van der Waals surface area contributed by atoms with Gasteiger partial charge >= 0.3 is 0 Å². The van der Waals surface area contributed by atoms with Crippen LogP contribution in [0.2, 0.25) is 0 Å². The van der Waals surface area contributed by atoms with Gasteiger partial charge in [-0.25, -0.2) is 9.97 Å². The quantitative estimate of drug-likeness (QED) is 0.542. The lowest BCUT2D eigenvalue weighted by molar-refractivity contribution is -0.119. The lowest BCUT2D eigenvalue weighted by atomic mass is 9.96. The summed E-state index contributed by atoms with van der Waals surface area (Å²) >= 11 is 0. The average molecular weight is 399 g/mol. The molecule has 2 N–H and O–H groups in total. The van der Waals surface area contributed by atoms with Crippen LogP contribution in [-0.2, 0) is 4.79 Å². The van der Waals surface area contributed by atoms with E-state index in [1.165, 1.54) is 0 Å². The second-order valence-electron chi connectivity index (χ2n) is 7.72. The van der Waals surface area contributed by atoms with E-state index < -0.39 is 0 Å². The molecule has 0 spiro atoms. The van der Waals surface area contributed by atoms with Crippen molar-refractivity contribution >= 4 is 17.3 Å². The first-order valence-corrected chi connectivity index (χ1v) is 10.1. The van der Waals surface area contributed by atoms with Gasteiger partial charge in [0, 0.05) is 29.4 Å². The highest BCUT2D eigenvalue weighted by atomic mass is 16.1. The Kier molecular flexibility index (Phi) is 4.73. The number of imidazole rings is 1. The first kappa shape index (κ1) is 18.5. The maximum absolute atomic E-state index is 11.8. The second kappa shape index (κ2) is 7.69. The van der Waals surface area contributed by atoms with Gasteiger partial charge in [0.05, 0.1) is 36.6 Å². The van der Waals surface area contributed by atoms with Crippen molar-refractivity contribution < 1.29 is 4.79 Å². The number of carbonyl (C=O) groups is 1. The summed E-state index contributed by atoms with van der Waals surface area (Å²) in [5, 5.41) is 12.1. The number of Topliss-reactive ketones (excluding diaryl/α,β-unsaturated/α-hetero) is 1. The molecule has 0 radical (unpaired) electrons. The summed E-state index contributed by atoms with van der Waals surface area (Å²) in [5.74, 6) is 2.04. The van der Waals surface area contributed by atoms with Gasteiger partial charge < -0.3 is 10.3 Å². The molecule has 8 nitrogen and oxygen atoms in total. The molecule has 0 aliphatic carbocycles. The van der Waals surface area contributed by atoms with Crippen LogP contribution in [0.3, 0.4) is 0 Å². The van der Waals surface area contributed by atoms with Gasteiger partial charge in [0.2, 0.25) is 0 Å². The Bertz CT molecular complexity index is 1080. The molecular formula is C22H21N7O. The summed E-state index contributed by atoms with van der Waals surface area (Å²) in [6, 6.07) is 7.87. The number of fused-ring (bicyclic) bond motifs is 5. The number of nitrogens with one attached hydrogen (secondary N) is 2. The number of aromatic amines is 1. The van der Waals surface area contributed by atoms with Crippen molar-refractivity contribution in [3.63, 3.8) is 0 Å². The Hall–Kier alpha value is -3.57. The number of pyridine rings is 2. The molecule has 0 unspecified atom stereocenters. The average Bonchev–Trinajstić information content (AvgIpc) is 3.15. The molecule has 8 heteroatoms. The predicted octanol–water partition coefficient (Wildman–Crippen LogP) is 3.25. The minimum Gasteiger partial charge on any atom is -0.341 e. The molecule has 2 aliphatic heterocycles. The number of ketones is 1. The fraction of sp³-hybridized carbons (Fsp3) is 0.318. The van der Waals surface area contributed by atoms with Crippen LogP contribution in [0.4, 0.5) is 11.5 Å². The lowest BCUT2D eigenvalue weighted by Gasteiger charge is -2.30. The molecule has 1 fully saturated rings. The van der Waals surface area contributed by atoms with E-state index in [1.54, 1.807) is 18.6 Å². The normalized spacial score (nSPS) is 15.8. The number of piperidine rings is 1. The van der Waals surface area contributed by atoms with E-state index in [-0.39, 0.29) is 12.2 Å². The molecule has 2 aliphatic rings. The molecule has 0 bridgehead atoms. The van der Waals surface area contributed by atoms with Gasteiger partial charge in [0.15, 0.2) is 5.78 Å². The van der Waals surface area contributed by atoms with Crippen LogP contribution in [0, 0.1) is 11.3 Å². The van der Waals surface area contributed by atoms with E-state index >= 15 is 0 Å². The number of hydrogen-bond acceptors (Lipinski definition) is 7. The van der Waals surface area contributed by atoms with Crippen LogP contribution in [0.5, 0.6) is 0 Å². The summed E-state index contributed by atoms with van der Waals surface area (Å²) in [6.45, 7) is 2.01. The Morgan fingerprint density at radius 3 is 2.93 bits per heavy atom. The van der Waals surface area contributed by atoms with Gasteiger partial charge in [0.25, 0.3) is 0 Å². The smallest absolute Gasteiger partial charge is 0.160 e. The van der Waals surface area contributed by atoms with Gasteiger partial charge in [-0.1, -0.05) is 0 Å². The molecule has 150 valence electrons. The summed E-state index contributed by atoms with van der Waals surface area (Å²) in [6.07, 6.45) is 7.19.